The summed E-state index contributed by atoms with van der Waals surface area (Å²) in [7, 11) is -3.74. The molecular formula is C20H25ClN4O4S. The molecule has 0 spiro atoms. The lowest BCUT2D eigenvalue weighted by Gasteiger charge is -2.35. The number of aromatic nitrogens is 2. The number of hydrogen-bond acceptors (Lipinski definition) is 6. The van der Waals surface area contributed by atoms with Crippen LogP contribution in [0.15, 0.2) is 27.6 Å². The maximum absolute atomic E-state index is 13.2. The second kappa shape index (κ2) is 8.28. The SMILES string of the molecule is Cc1nc(C2(NC(=O)c3ccc(Cl)c(S(=O)(=O)N4CCCC4)c3)CCCCC2)no1. The third kappa shape index (κ3) is 3.98. The summed E-state index contributed by atoms with van der Waals surface area (Å²) in [5.41, 5.74) is -0.483. The number of carbonyl (C=O) groups is 1. The molecule has 30 heavy (non-hydrogen) atoms. The molecule has 4 rings (SSSR count). The van der Waals surface area contributed by atoms with Crippen LogP contribution in [0.25, 0.3) is 0 Å². The molecule has 0 radical (unpaired) electrons. The first-order valence-corrected chi connectivity index (χ1v) is 12.1. The van der Waals surface area contributed by atoms with Crippen molar-refractivity contribution >= 4 is 27.5 Å². The standard InChI is InChI=1S/C20H25ClN4O4S/c1-14-22-19(24-29-14)20(9-3-2-4-10-20)23-18(26)15-7-8-16(21)17(13-15)30(27,28)25-11-5-6-12-25/h7-8,13H,2-6,9-12H2,1H3,(H,23,26). The van der Waals surface area contributed by atoms with Gasteiger partial charge in [-0.25, -0.2) is 8.42 Å². The van der Waals surface area contributed by atoms with E-state index in [1.54, 1.807) is 13.0 Å². The van der Waals surface area contributed by atoms with Crippen LogP contribution in [0.1, 0.15) is 67.0 Å². The van der Waals surface area contributed by atoms with Gasteiger partial charge in [-0.2, -0.15) is 9.29 Å². The number of amides is 1. The summed E-state index contributed by atoms with van der Waals surface area (Å²) in [5, 5.41) is 7.24. The molecule has 162 valence electrons. The molecule has 1 aliphatic heterocycles. The van der Waals surface area contributed by atoms with Gasteiger partial charge in [-0.05, 0) is 43.9 Å². The summed E-state index contributed by atoms with van der Waals surface area (Å²) in [4.78, 5) is 17.5. The van der Waals surface area contributed by atoms with Gasteiger partial charge >= 0.3 is 0 Å². The average Bonchev–Trinajstić information content (AvgIpc) is 3.41. The van der Waals surface area contributed by atoms with Gasteiger partial charge in [0.1, 0.15) is 10.4 Å². The van der Waals surface area contributed by atoms with Gasteiger partial charge in [0.05, 0.1) is 5.02 Å². The fourth-order valence-corrected chi connectivity index (χ4v) is 6.27. The molecule has 8 nitrogen and oxygen atoms in total. The Balaban J connectivity index is 1.64. The lowest BCUT2D eigenvalue weighted by Crippen LogP contribution is -2.48. The van der Waals surface area contributed by atoms with E-state index in [-0.39, 0.29) is 21.4 Å². The molecule has 2 aliphatic rings. The maximum Gasteiger partial charge on any atom is 0.252 e. The minimum atomic E-state index is -3.74. The van der Waals surface area contributed by atoms with Gasteiger partial charge in [0.25, 0.3) is 5.91 Å². The van der Waals surface area contributed by atoms with Crippen LogP contribution in [0.5, 0.6) is 0 Å². The number of sulfonamides is 1. The van der Waals surface area contributed by atoms with Gasteiger partial charge in [-0.3, -0.25) is 4.79 Å². The molecule has 0 atom stereocenters. The van der Waals surface area contributed by atoms with Crippen molar-refractivity contribution in [3.05, 3.63) is 40.5 Å². The van der Waals surface area contributed by atoms with Crippen LogP contribution < -0.4 is 5.32 Å². The minimum Gasteiger partial charge on any atom is -0.340 e. The highest BCUT2D eigenvalue weighted by Crippen LogP contribution is 2.36. The maximum atomic E-state index is 13.2. The Kier molecular flexibility index (Phi) is 5.87. The van der Waals surface area contributed by atoms with Gasteiger partial charge < -0.3 is 9.84 Å². The van der Waals surface area contributed by atoms with Crippen LogP contribution in [0, 0.1) is 6.92 Å². The predicted octanol–water partition coefficient (Wildman–Crippen LogP) is 3.41. The summed E-state index contributed by atoms with van der Waals surface area (Å²) in [6, 6.07) is 4.37. The van der Waals surface area contributed by atoms with Crippen molar-refractivity contribution in [2.75, 3.05) is 13.1 Å². The molecule has 1 aromatic carbocycles. The number of aryl methyl sites for hydroxylation is 1. The van der Waals surface area contributed by atoms with Crippen LogP contribution in [-0.2, 0) is 15.6 Å². The molecule has 2 heterocycles. The summed E-state index contributed by atoms with van der Waals surface area (Å²) in [6.07, 6.45) is 5.99. The van der Waals surface area contributed by atoms with E-state index in [0.717, 1.165) is 32.1 Å². The van der Waals surface area contributed by atoms with Crippen LogP contribution >= 0.6 is 11.6 Å². The summed E-state index contributed by atoms with van der Waals surface area (Å²) in [5.74, 6) is 0.524. The number of halogens is 1. The van der Waals surface area contributed by atoms with Crippen molar-refractivity contribution < 1.29 is 17.7 Å². The molecule has 1 N–H and O–H groups in total. The fourth-order valence-electron chi connectivity index (χ4n) is 4.25. The van der Waals surface area contributed by atoms with Crippen LogP contribution in [0.2, 0.25) is 5.02 Å². The summed E-state index contributed by atoms with van der Waals surface area (Å²) in [6.45, 7) is 2.65. The number of nitrogens with zero attached hydrogens (tertiary/aromatic N) is 3. The zero-order valence-electron chi connectivity index (χ0n) is 16.9. The van der Waals surface area contributed by atoms with E-state index in [2.05, 4.69) is 15.5 Å². The van der Waals surface area contributed by atoms with Crippen molar-refractivity contribution in [3.63, 3.8) is 0 Å². The zero-order chi connectivity index (χ0) is 21.4. The zero-order valence-corrected chi connectivity index (χ0v) is 18.4. The van der Waals surface area contributed by atoms with Crippen molar-refractivity contribution in [1.82, 2.24) is 19.8 Å². The van der Waals surface area contributed by atoms with Crippen LogP contribution in [0.3, 0.4) is 0 Å². The number of benzene rings is 1. The van der Waals surface area contributed by atoms with Crippen molar-refractivity contribution in [1.29, 1.82) is 0 Å². The summed E-state index contributed by atoms with van der Waals surface area (Å²) < 4.78 is 32.5. The molecule has 10 heteroatoms. The minimum absolute atomic E-state index is 0.0354. The van der Waals surface area contributed by atoms with Gasteiger partial charge in [-0.1, -0.05) is 36.0 Å². The molecular weight excluding hydrogens is 428 g/mol. The Bertz CT molecular complexity index is 1040. The molecule has 1 saturated carbocycles. The summed E-state index contributed by atoms with van der Waals surface area (Å²) >= 11 is 6.21. The molecule has 1 amide bonds. The quantitative estimate of drug-likeness (QED) is 0.745. The first kappa shape index (κ1) is 21.3. The van der Waals surface area contributed by atoms with E-state index in [4.69, 9.17) is 16.1 Å². The Morgan fingerprint density at radius 2 is 1.87 bits per heavy atom. The lowest BCUT2D eigenvalue weighted by molar-refractivity contribution is 0.0855. The van der Waals surface area contributed by atoms with E-state index in [0.29, 0.717) is 37.6 Å². The second-order valence-electron chi connectivity index (χ2n) is 7.99. The normalized spacial score (nSPS) is 19.7. The first-order chi connectivity index (χ1) is 14.3. The van der Waals surface area contributed by atoms with E-state index in [9.17, 15) is 13.2 Å². The van der Waals surface area contributed by atoms with Crippen molar-refractivity contribution in [2.24, 2.45) is 0 Å². The van der Waals surface area contributed by atoms with Gasteiger partial charge in [0.15, 0.2) is 5.82 Å². The van der Waals surface area contributed by atoms with E-state index in [1.165, 1.54) is 16.4 Å². The van der Waals surface area contributed by atoms with Crippen LogP contribution in [-0.4, -0.2) is 41.9 Å². The fraction of sp³-hybridized carbons (Fsp3) is 0.550. The molecule has 0 unspecified atom stereocenters. The molecule has 2 fully saturated rings. The lowest BCUT2D eigenvalue weighted by atomic mass is 9.80. The third-order valence-electron chi connectivity index (χ3n) is 5.89. The molecule has 2 aromatic rings. The van der Waals surface area contributed by atoms with E-state index >= 15 is 0 Å². The largest absolute Gasteiger partial charge is 0.340 e. The average molecular weight is 453 g/mol. The van der Waals surface area contributed by atoms with Crippen molar-refractivity contribution in [3.8, 4) is 0 Å². The Morgan fingerprint density at radius 3 is 2.50 bits per heavy atom. The Hall–Kier alpha value is -1.97. The van der Waals surface area contributed by atoms with E-state index in [1.807, 2.05) is 0 Å². The molecule has 1 saturated heterocycles. The van der Waals surface area contributed by atoms with Crippen LogP contribution in [0.4, 0.5) is 0 Å². The predicted molar refractivity (Wildman–Crippen MR) is 111 cm³/mol. The Morgan fingerprint density at radius 1 is 1.17 bits per heavy atom. The second-order valence-corrected chi connectivity index (χ2v) is 10.3. The molecule has 1 aromatic heterocycles. The number of hydrogen-bond donors (Lipinski definition) is 1. The number of carbonyl (C=O) groups excluding carboxylic acids is 1. The number of nitrogens with one attached hydrogen (secondary N) is 1. The third-order valence-corrected chi connectivity index (χ3v) is 8.27. The highest BCUT2D eigenvalue weighted by molar-refractivity contribution is 7.89. The van der Waals surface area contributed by atoms with Gasteiger partial charge in [0, 0.05) is 25.6 Å². The van der Waals surface area contributed by atoms with Gasteiger partial charge in [0.2, 0.25) is 15.9 Å². The Labute approximate surface area is 181 Å². The monoisotopic (exact) mass is 452 g/mol. The highest BCUT2D eigenvalue weighted by Gasteiger charge is 2.40. The topological polar surface area (TPSA) is 105 Å². The smallest absolute Gasteiger partial charge is 0.252 e. The highest BCUT2D eigenvalue weighted by atomic mass is 35.5. The van der Waals surface area contributed by atoms with E-state index < -0.39 is 15.6 Å². The molecule has 1 aliphatic carbocycles. The molecule has 0 bridgehead atoms. The van der Waals surface area contributed by atoms with Gasteiger partial charge in [-0.15, -0.1) is 0 Å². The van der Waals surface area contributed by atoms with Crippen molar-refractivity contribution in [2.45, 2.75) is 62.3 Å². The first-order valence-electron chi connectivity index (χ1n) is 10.2. The number of rotatable bonds is 5.